The van der Waals surface area contributed by atoms with Gasteiger partial charge in [0.1, 0.15) is 0 Å². The van der Waals surface area contributed by atoms with Gasteiger partial charge in [-0.25, -0.2) is 5.48 Å². The monoisotopic (exact) mass is 258 g/mol. The van der Waals surface area contributed by atoms with Gasteiger partial charge in [-0.1, -0.05) is 24.6 Å². The zero-order valence-corrected chi connectivity index (χ0v) is 10.8. The fraction of sp³-hybridized carbons (Fsp3) is 0.333. The van der Waals surface area contributed by atoms with Crippen LogP contribution >= 0.6 is 0 Å². The summed E-state index contributed by atoms with van der Waals surface area (Å²) < 4.78 is 0. The number of carbonyl (C=O) groups is 1. The first-order valence-corrected chi connectivity index (χ1v) is 6.57. The van der Waals surface area contributed by atoms with E-state index >= 15 is 0 Å². The van der Waals surface area contributed by atoms with Gasteiger partial charge < -0.3 is 0 Å². The molecular weight excluding hydrogens is 240 g/mol. The van der Waals surface area contributed by atoms with Gasteiger partial charge in [0, 0.05) is 18.0 Å². The van der Waals surface area contributed by atoms with Gasteiger partial charge in [0.05, 0.1) is 5.52 Å². The Morgan fingerprint density at radius 1 is 1.16 bits per heavy atom. The van der Waals surface area contributed by atoms with E-state index in [0.717, 1.165) is 31.2 Å². The maximum absolute atomic E-state index is 10.9. The number of fused-ring (bicyclic) bond motifs is 1. The van der Waals surface area contributed by atoms with Crippen molar-refractivity contribution < 1.29 is 10.0 Å². The Bertz CT molecular complexity index is 549. The highest BCUT2D eigenvalue weighted by molar-refractivity contribution is 5.81. The number of unbranched alkanes of at least 4 members (excludes halogenated alkanes) is 2. The summed E-state index contributed by atoms with van der Waals surface area (Å²) in [7, 11) is 0. The van der Waals surface area contributed by atoms with Crippen LogP contribution in [-0.4, -0.2) is 16.1 Å². The van der Waals surface area contributed by atoms with E-state index in [0.29, 0.717) is 6.42 Å². The average molecular weight is 258 g/mol. The van der Waals surface area contributed by atoms with Gasteiger partial charge in [0.15, 0.2) is 0 Å². The molecule has 1 heterocycles. The molecule has 2 aromatic rings. The van der Waals surface area contributed by atoms with Crippen molar-refractivity contribution in [2.75, 3.05) is 0 Å². The Morgan fingerprint density at radius 3 is 2.84 bits per heavy atom. The molecule has 0 aliphatic heterocycles. The smallest absolute Gasteiger partial charge is 0.243 e. The number of benzene rings is 1. The molecule has 2 N–H and O–H groups in total. The second-order valence-electron chi connectivity index (χ2n) is 4.58. The molecule has 1 aromatic heterocycles. The van der Waals surface area contributed by atoms with Gasteiger partial charge in [-0.2, -0.15) is 0 Å². The molecule has 4 heteroatoms. The second-order valence-corrected chi connectivity index (χ2v) is 4.58. The predicted octanol–water partition coefficient (Wildman–Crippen LogP) is 2.84. The van der Waals surface area contributed by atoms with Crippen LogP contribution in [0.1, 0.15) is 31.2 Å². The molecule has 100 valence electrons. The van der Waals surface area contributed by atoms with Crippen molar-refractivity contribution in [1.29, 1.82) is 0 Å². The number of para-hydroxylation sites is 1. The topological polar surface area (TPSA) is 62.2 Å². The van der Waals surface area contributed by atoms with Gasteiger partial charge in [0.2, 0.25) is 5.91 Å². The molecular formula is C15H18N2O2. The van der Waals surface area contributed by atoms with Crippen LogP contribution in [0.5, 0.6) is 0 Å². The Hall–Kier alpha value is -1.94. The molecule has 0 aliphatic rings. The molecule has 1 aromatic carbocycles. The number of aryl methyl sites for hydroxylation is 1. The largest absolute Gasteiger partial charge is 0.289 e. The van der Waals surface area contributed by atoms with Gasteiger partial charge in [-0.3, -0.25) is 15.0 Å². The molecule has 4 nitrogen and oxygen atoms in total. The van der Waals surface area contributed by atoms with Crippen molar-refractivity contribution in [3.8, 4) is 0 Å². The number of nitrogens with one attached hydrogen (secondary N) is 1. The number of nitrogens with zero attached hydrogens (tertiary/aromatic N) is 1. The van der Waals surface area contributed by atoms with E-state index in [9.17, 15) is 4.79 Å². The van der Waals surface area contributed by atoms with E-state index in [1.165, 1.54) is 10.9 Å². The third-order valence-corrected chi connectivity index (χ3v) is 3.21. The van der Waals surface area contributed by atoms with E-state index in [1.807, 2.05) is 24.4 Å². The molecule has 0 aliphatic carbocycles. The predicted molar refractivity (Wildman–Crippen MR) is 73.8 cm³/mol. The highest BCUT2D eigenvalue weighted by Gasteiger charge is 2.02. The minimum atomic E-state index is -0.311. The van der Waals surface area contributed by atoms with Crippen LogP contribution in [0.25, 0.3) is 10.9 Å². The third kappa shape index (κ3) is 3.76. The van der Waals surface area contributed by atoms with Crippen molar-refractivity contribution in [3.63, 3.8) is 0 Å². The fourth-order valence-electron chi connectivity index (χ4n) is 2.21. The summed E-state index contributed by atoms with van der Waals surface area (Å²) in [6.07, 6.45) is 6.03. The van der Waals surface area contributed by atoms with Crippen LogP contribution in [0.3, 0.4) is 0 Å². The van der Waals surface area contributed by atoms with Crippen molar-refractivity contribution in [1.82, 2.24) is 10.5 Å². The average Bonchev–Trinajstić information content (AvgIpc) is 2.46. The van der Waals surface area contributed by atoms with Crippen LogP contribution in [0.2, 0.25) is 0 Å². The number of rotatable bonds is 6. The lowest BCUT2D eigenvalue weighted by atomic mass is 10.0. The first-order valence-electron chi connectivity index (χ1n) is 6.57. The van der Waals surface area contributed by atoms with Crippen molar-refractivity contribution in [2.45, 2.75) is 32.1 Å². The zero-order valence-electron chi connectivity index (χ0n) is 10.8. The molecule has 0 bridgehead atoms. The van der Waals surface area contributed by atoms with Gasteiger partial charge in [-0.05, 0) is 37.0 Å². The highest BCUT2D eigenvalue weighted by atomic mass is 16.5. The lowest BCUT2D eigenvalue weighted by Gasteiger charge is -2.05. The summed E-state index contributed by atoms with van der Waals surface area (Å²) in [4.78, 5) is 15.2. The molecule has 0 spiro atoms. The normalized spacial score (nSPS) is 10.6. The number of hydrogen-bond donors (Lipinski definition) is 2. The molecule has 2 rings (SSSR count). The summed E-state index contributed by atoms with van der Waals surface area (Å²) in [5.41, 5.74) is 3.98. The number of amides is 1. The standard InChI is InChI=1S/C15H18N2O2/c18-15(17-19)9-3-1-2-6-12-10-11-16-14-8-5-4-7-13(12)14/h4-5,7-8,10-11,19H,1-3,6,9H2,(H,17,18). The van der Waals surface area contributed by atoms with Crippen molar-refractivity contribution >= 4 is 16.8 Å². The summed E-state index contributed by atoms with van der Waals surface area (Å²) in [6, 6.07) is 10.2. The first-order chi connectivity index (χ1) is 9.31. The Balaban J connectivity index is 1.86. The van der Waals surface area contributed by atoms with E-state index < -0.39 is 0 Å². The van der Waals surface area contributed by atoms with E-state index in [1.54, 1.807) is 5.48 Å². The van der Waals surface area contributed by atoms with Gasteiger partial charge in [0.25, 0.3) is 0 Å². The minimum Gasteiger partial charge on any atom is -0.289 e. The van der Waals surface area contributed by atoms with Crippen LogP contribution in [0, 0.1) is 0 Å². The third-order valence-electron chi connectivity index (χ3n) is 3.21. The SMILES string of the molecule is O=C(CCCCCc1ccnc2ccccc12)NO. The summed E-state index contributed by atoms with van der Waals surface area (Å²) >= 11 is 0. The van der Waals surface area contributed by atoms with Crippen LogP contribution in [0.15, 0.2) is 36.5 Å². The molecule has 0 unspecified atom stereocenters. The Labute approximate surface area is 112 Å². The quantitative estimate of drug-likeness (QED) is 0.476. The molecule has 0 radical (unpaired) electrons. The van der Waals surface area contributed by atoms with E-state index in [2.05, 4.69) is 17.1 Å². The summed E-state index contributed by atoms with van der Waals surface area (Å²) in [5.74, 6) is -0.311. The van der Waals surface area contributed by atoms with E-state index in [-0.39, 0.29) is 5.91 Å². The maximum Gasteiger partial charge on any atom is 0.243 e. The van der Waals surface area contributed by atoms with Gasteiger partial charge >= 0.3 is 0 Å². The molecule has 1 amide bonds. The zero-order chi connectivity index (χ0) is 13.5. The van der Waals surface area contributed by atoms with Crippen LogP contribution in [0.4, 0.5) is 0 Å². The van der Waals surface area contributed by atoms with E-state index in [4.69, 9.17) is 5.21 Å². The van der Waals surface area contributed by atoms with Gasteiger partial charge in [-0.15, -0.1) is 0 Å². The highest BCUT2D eigenvalue weighted by Crippen LogP contribution is 2.18. The number of aromatic nitrogens is 1. The van der Waals surface area contributed by atoms with Crippen LogP contribution in [-0.2, 0) is 11.2 Å². The van der Waals surface area contributed by atoms with Crippen molar-refractivity contribution in [3.05, 3.63) is 42.1 Å². The minimum absolute atomic E-state index is 0.311. The Kier molecular flexibility index (Phi) is 4.86. The molecule has 0 fully saturated rings. The molecule has 19 heavy (non-hydrogen) atoms. The molecule has 0 saturated heterocycles. The summed E-state index contributed by atoms with van der Waals surface area (Å²) in [6.45, 7) is 0. The first kappa shape index (κ1) is 13.5. The summed E-state index contributed by atoms with van der Waals surface area (Å²) in [5, 5.41) is 9.59. The number of pyridine rings is 1. The van der Waals surface area contributed by atoms with Crippen molar-refractivity contribution in [2.24, 2.45) is 0 Å². The van der Waals surface area contributed by atoms with Crippen LogP contribution < -0.4 is 5.48 Å². The number of hydrogen-bond acceptors (Lipinski definition) is 3. The Morgan fingerprint density at radius 2 is 2.00 bits per heavy atom. The second kappa shape index (κ2) is 6.85. The lowest BCUT2D eigenvalue weighted by molar-refractivity contribution is -0.129. The fourth-order valence-corrected chi connectivity index (χ4v) is 2.21. The molecule has 0 saturated carbocycles. The molecule has 0 atom stereocenters. The number of hydroxylamine groups is 1. The number of carbonyl (C=O) groups excluding carboxylic acids is 1. The maximum atomic E-state index is 10.9. The lowest BCUT2D eigenvalue weighted by Crippen LogP contribution is -2.17.